The molecule has 5 atom stereocenters. The summed E-state index contributed by atoms with van der Waals surface area (Å²) in [5.74, 6) is 0.535. The van der Waals surface area contributed by atoms with Crippen LogP contribution >= 0.6 is 11.6 Å². The Morgan fingerprint density at radius 3 is 2.81 bits per heavy atom. The number of nitrogens with zero attached hydrogens (tertiary/aromatic N) is 4. The molecule has 2 aliphatic rings. The Hall–Kier alpha value is -3.29. The van der Waals surface area contributed by atoms with Crippen LogP contribution in [0.1, 0.15) is 57.2 Å². The molecule has 6 N–H and O–H groups in total. The highest BCUT2D eigenvalue weighted by Crippen LogP contribution is 2.33. The zero-order valence-electron chi connectivity index (χ0n) is 24.3. The summed E-state index contributed by atoms with van der Waals surface area (Å²) in [6.45, 7) is 3.78. The van der Waals surface area contributed by atoms with Crippen LogP contribution in [0.3, 0.4) is 0 Å². The van der Waals surface area contributed by atoms with E-state index in [9.17, 15) is 15.0 Å². The van der Waals surface area contributed by atoms with E-state index < -0.39 is 24.5 Å². The van der Waals surface area contributed by atoms with E-state index >= 15 is 0 Å². The fourth-order valence-electron chi connectivity index (χ4n) is 5.52. The minimum absolute atomic E-state index is 0.00185. The van der Waals surface area contributed by atoms with Crippen LogP contribution in [0.15, 0.2) is 49.1 Å². The minimum atomic E-state index is -1.18. The number of carbonyl (C=O) groups excluding carboxylic acids is 1. The third kappa shape index (κ3) is 8.21. The second-order valence-electron chi connectivity index (χ2n) is 11.2. The molecule has 3 aromatic rings. The summed E-state index contributed by atoms with van der Waals surface area (Å²) >= 11 is 6.09. The molecule has 0 spiro atoms. The minimum Gasteiger partial charge on any atom is -0.387 e. The molecular weight excluding hydrogens is 572 g/mol. The number of fused-ring (bicyclic) bond motifs is 1. The van der Waals surface area contributed by atoms with Crippen LogP contribution in [0.4, 0.5) is 10.6 Å². The van der Waals surface area contributed by atoms with Gasteiger partial charge >= 0.3 is 6.03 Å². The predicted octanol–water partition coefficient (Wildman–Crippen LogP) is 3.27. The SMILES string of the molecule is CC(C=C[C@H]1O[C@@H](n2cnc3c(NCc4cccc(Cl)c4)ncnc32)[C@H](O)[C@@H]1O)NCCCNC(=O)NC1CCCCC1. The first-order chi connectivity index (χ1) is 20.9. The Balaban J connectivity index is 1.09. The molecule has 0 bridgehead atoms. The van der Waals surface area contributed by atoms with Gasteiger partial charge in [-0.1, -0.05) is 55.1 Å². The van der Waals surface area contributed by atoms with Gasteiger partial charge in [0.1, 0.15) is 24.6 Å². The number of urea groups is 1. The number of aromatic nitrogens is 4. The van der Waals surface area contributed by atoms with E-state index in [1.54, 1.807) is 10.6 Å². The quantitative estimate of drug-likeness (QED) is 0.133. The van der Waals surface area contributed by atoms with Crippen molar-refractivity contribution in [3.63, 3.8) is 0 Å². The molecule has 1 saturated carbocycles. The monoisotopic (exact) mass is 612 g/mol. The first-order valence-corrected chi connectivity index (χ1v) is 15.4. The number of ether oxygens (including phenoxy) is 1. The van der Waals surface area contributed by atoms with Crippen molar-refractivity contribution in [2.45, 2.75) is 88.6 Å². The summed E-state index contributed by atoms with van der Waals surface area (Å²) in [5, 5.41) is 34.8. The van der Waals surface area contributed by atoms with Gasteiger partial charge < -0.3 is 36.2 Å². The normalized spacial score (nSPS) is 23.5. The summed E-state index contributed by atoms with van der Waals surface area (Å²) in [6.07, 6.45) is 9.25. The van der Waals surface area contributed by atoms with Gasteiger partial charge in [-0.05, 0) is 50.4 Å². The first kappa shape index (κ1) is 31.1. The fourth-order valence-corrected chi connectivity index (χ4v) is 5.74. The molecule has 3 heterocycles. The molecule has 1 aliphatic heterocycles. The highest BCUT2D eigenvalue weighted by atomic mass is 35.5. The average molecular weight is 613 g/mol. The van der Waals surface area contributed by atoms with Crippen molar-refractivity contribution in [3.8, 4) is 0 Å². The molecule has 2 aromatic heterocycles. The van der Waals surface area contributed by atoms with E-state index in [4.69, 9.17) is 16.3 Å². The van der Waals surface area contributed by atoms with Gasteiger partial charge in [0.25, 0.3) is 0 Å². The maximum absolute atomic E-state index is 12.1. The van der Waals surface area contributed by atoms with Crippen LogP contribution in [0, 0.1) is 0 Å². The largest absolute Gasteiger partial charge is 0.387 e. The number of anilines is 1. The lowest BCUT2D eigenvalue weighted by molar-refractivity contribution is -0.0245. The molecule has 1 saturated heterocycles. The van der Waals surface area contributed by atoms with Crippen molar-refractivity contribution in [2.75, 3.05) is 18.4 Å². The Kier molecular flexibility index (Phi) is 10.8. The summed E-state index contributed by atoms with van der Waals surface area (Å²) < 4.78 is 7.67. The van der Waals surface area contributed by atoms with Crippen LogP contribution in [-0.2, 0) is 11.3 Å². The van der Waals surface area contributed by atoms with Gasteiger partial charge in [-0.2, -0.15) is 0 Å². The van der Waals surface area contributed by atoms with Gasteiger partial charge in [-0.3, -0.25) is 4.57 Å². The van der Waals surface area contributed by atoms with E-state index in [1.807, 2.05) is 37.3 Å². The summed E-state index contributed by atoms with van der Waals surface area (Å²) in [7, 11) is 0. The molecule has 2 amide bonds. The number of aliphatic hydroxyl groups is 2. The van der Waals surface area contributed by atoms with Crippen LogP contribution in [0.2, 0.25) is 5.02 Å². The number of amides is 2. The third-order valence-corrected chi connectivity index (χ3v) is 8.13. The highest BCUT2D eigenvalue weighted by molar-refractivity contribution is 6.30. The number of halogens is 1. The molecule has 2 fully saturated rings. The van der Waals surface area contributed by atoms with Crippen molar-refractivity contribution in [3.05, 3.63) is 59.7 Å². The first-order valence-electron chi connectivity index (χ1n) is 15.0. The maximum atomic E-state index is 12.1. The zero-order valence-corrected chi connectivity index (χ0v) is 25.1. The number of aliphatic hydroxyl groups excluding tert-OH is 2. The Bertz CT molecular complexity index is 1380. The van der Waals surface area contributed by atoms with Crippen molar-refractivity contribution in [1.29, 1.82) is 0 Å². The lowest BCUT2D eigenvalue weighted by Crippen LogP contribution is -2.43. The molecule has 12 nitrogen and oxygen atoms in total. The van der Waals surface area contributed by atoms with E-state index in [-0.39, 0.29) is 12.1 Å². The topological polar surface area (TPSA) is 158 Å². The van der Waals surface area contributed by atoms with Crippen LogP contribution in [0.25, 0.3) is 11.2 Å². The molecule has 1 aromatic carbocycles. The van der Waals surface area contributed by atoms with Gasteiger partial charge in [0.2, 0.25) is 0 Å². The van der Waals surface area contributed by atoms with Crippen molar-refractivity contribution >= 4 is 34.6 Å². The summed E-state index contributed by atoms with van der Waals surface area (Å²) in [5.41, 5.74) is 1.98. The van der Waals surface area contributed by atoms with Crippen molar-refractivity contribution in [1.82, 2.24) is 35.5 Å². The zero-order chi connectivity index (χ0) is 30.2. The molecule has 232 valence electrons. The van der Waals surface area contributed by atoms with Gasteiger partial charge in [-0.15, -0.1) is 0 Å². The van der Waals surface area contributed by atoms with Crippen molar-refractivity contribution in [2.24, 2.45) is 0 Å². The van der Waals surface area contributed by atoms with E-state index in [2.05, 4.69) is 36.2 Å². The van der Waals surface area contributed by atoms with E-state index in [1.165, 1.54) is 31.9 Å². The number of hydrogen-bond donors (Lipinski definition) is 6. The van der Waals surface area contributed by atoms with Gasteiger partial charge in [0, 0.05) is 30.2 Å². The smallest absolute Gasteiger partial charge is 0.315 e. The molecule has 43 heavy (non-hydrogen) atoms. The molecule has 1 aliphatic carbocycles. The molecule has 0 radical (unpaired) electrons. The number of carbonyl (C=O) groups is 1. The standard InChI is InChI=1S/C30H41ClN8O4/c1-19(32-13-6-14-33-30(42)38-22-9-3-2-4-10-22)11-12-23-25(40)26(41)29(43-23)39-18-37-24-27(35-17-36-28(24)39)34-16-20-7-5-8-21(31)15-20/h5,7-8,11-12,15,17-19,22-23,25-26,29,32,40-41H,2-4,6,9-10,13-14,16H2,1H3,(H2,33,38,42)(H,34,35,36)/t19?,23-,25-,26-,29-/m1/s1. The summed E-state index contributed by atoms with van der Waals surface area (Å²) in [6, 6.07) is 7.73. The van der Waals surface area contributed by atoms with Crippen LogP contribution < -0.4 is 21.3 Å². The molecule has 1 unspecified atom stereocenters. The van der Waals surface area contributed by atoms with Gasteiger partial charge in [-0.25, -0.2) is 19.7 Å². The van der Waals surface area contributed by atoms with E-state index in [0.717, 1.165) is 24.8 Å². The van der Waals surface area contributed by atoms with Gasteiger partial charge in [0.05, 0.1) is 6.33 Å². The molecule has 5 rings (SSSR count). The van der Waals surface area contributed by atoms with Crippen LogP contribution in [0.5, 0.6) is 0 Å². The Labute approximate surface area is 256 Å². The number of imidazole rings is 1. The number of rotatable bonds is 12. The lowest BCUT2D eigenvalue weighted by Gasteiger charge is -2.22. The van der Waals surface area contributed by atoms with Crippen molar-refractivity contribution < 1.29 is 19.7 Å². The number of hydrogen-bond acceptors (Lipinski definition) is 9. The van der Waals surface area contributed by atoms with E-state index in [0.29, 0.717) is 47.7 Å². The Morgan fingerprint density at radius 1 is 1.16 bits per heavy atom. The Morgan fingerprint density at radius 2 is 2.00 bits per heavy atom. The van der Waals surface area contributed by atoms with Crippen LogP contribution in [-0.4, -0.2) is 79.2 Å². The maximum Gasteiger partial charge on any atom is 0.315 e. The number of nitrogens with one attached hydrogen (secondary N) is 4. The van der Waals surface area contributed by atoms with Gasteiger partial charge in [0.15, 0.2) is 23.2 Å². The fraction of sp³-hybridized carbons (Fsp3) is 0.533. The lowest BCUT2D eigenvalue weighted by atomic mass is 9.96. The highest BCUT2D eigenvalue weighted by Gasteiger charge is 2.43. The number of benzene rings is 1. The second kappa shape index (κ2) is 14.9. The second-order valence-corrected chi connectivity index (χ2v) is 11.7. The average Bonchev–Trinajstić information content (AvgIpc) is 3.56. The molecular formula is C30H41ClN8O4. The summed E-state index contributed by atoms with van der Waals surface area (Å²) in [4.78, 5) is 25.2. The molecule has 13 heteroatoms. The predicted molar refractivity (Wildman–Crippen MR) is 165 cm³/mol. The third-order valence-electron chi connectivity index (χ3n) is 7.89.